The number of rotatable bonds is 3. The molecule has 0 radical (unpaired) electrons. The highest BCUT2D eigenvalue weighted by molar-refractivity contribution is 5.44. The van der Waals surface area contributed by atoms with Gasteiger partial charge < -0.3 is 10.6 Å². The maximum Gasteiger partial charge on any atom is 0.129 e. The van der Waals surface area contributed by atoms with Gasteiger partial charge in [0.2, 0.25) is 0 Å². The van der Waals surface area contributed by atoms with Gasteiger partial charge in [-0.05, 0) is 30.5 Å². The first-order valence-corrected chi connectivity index (χ1v) is 7.86. The molecule has 0 unspecified atom stereocenters. The summed E-state index contributed by atoms with van der Waals surface area (Å²) in [5.41, 5.74) is 8.25. The Labute approximate surface area is 123 Å². The second-order valence-corrected chi connectivity index (χ2v) is 7.08. The van der Waals surface area contributed by atoms with Gasteiger partial charge in [0.25, 0.3) is 0 Å². The van der Waals surface area contributed by atoms with Crippen molar-refractivity contribution in [3.8, 4) is 0 Å². The van der Waals surface area contributed by atoms with E-state index in [-0.39, 0.29) is 5.41 Å². The van der Waals surface area contributed by atoms with Crippen LogP contribution in [0.5, 0.6) is 0 Å². The molecular formula is C17H29N3. The first kappa shape index (κ1) is 15.3. The molecule has 0 aliphatic heterocycles. The smallest absolute Gasteiger partial charge is 0.129 e. The van der Waals surface area contributed by atoms with Gasteiger partial charge in [0.1, 0.15) is 5.82 Å². The monoisotopic (exact) mass is 275 g/mol. The summed E-state index contributed by atoms with van der Waals surface area (Å²) in [4.78, 5) is 7.27. The number of hydrogen-bond donors (Lipinski definition) is 1. The lowest BCUT2D eigenvalue weighted by molar-refractivity contribution is 0.425. The van der Waals surface area contributed by atoms with Crippen molar-refractivity contribution in [3.63, 3.8) is 0 Å². The molecule has 0 saturated heterocycles. The van der Waals surface area contributed by atoms with E-state index in [0.29, 0.717) is 12.6 Å². The van der Waals surface area contributed by atoms with E-state index in [2.05, 4.69) is 44.9 Å². The van der Waals surface area contributed by atoms with Gasteiger partial charge in [-0.15, -0.1) is 0 Å². The molecule has 1 saturated carbocycles. The van der Waals surface area contributed by atoms with Gasteiger partial charge in [-0.25, -0.2) is 4.98 Å². The van der Waals surface area contributed by atoms with E-state index in [1.165, 1.54) is 37.7 Å². The van der Waals surface area contributed by atoms with Crippen molar-refractivity contribution in [2.24, 2.45) is 5.73 Å². The molecule has 112 valence electrons. The third-order valence-electron chi connectivity index (χ3n) is 4.36. The summed E-state index contributed by atoms with van der Waals surface area (Å²) < 4.78 is 0. The molecule has 1 heterocycles. The van der Waals surface area contributed by atoms with E-state index >= 15 is 0 Å². The van der Waals surface area contributed by atoms with Crippen LogP contribution in [0.15, 0.2) is 12.1 Å². The second kappa shape index (κ2) is 6.13. The molecular weight excluding hydrogens is 246 g/mol. The van der Waals surface area contributed by atoms with E-state index in [1.54, 1.807) is 0 Å². The lowest BCUT2D eigenvalue weighted by Gasteiger charge is -2.33. The zero-order chi connectivity index (χ0) is 14.8. The van der Waals surface area contributed by atoms with Crippen LogP contribution in [0.3, 0.4) is 0 Å². The van der Waals surface area contributed by atoms with Gasteiger partial charge in [0, 0.05) is 30.7 Å². The quantitative estimate of drug-likeness (QED) is 0.916. The van der Waals surface area contributed by atoms with E-state index in [0.717, 1.165) is 11.5 Å². The predicted molar refractivity (Wildman–Crippen MR) is 86.1 cm³/mol. The number of aromatic nitrogens is 1. The summed E-state index contributed by atoms with van der Waals surface area (Å²) >= 11 is 0. The minimum atomic E-state index is 0.0628. The minimum absolute atomic E-state index is 0.0628. The van der Waals surface area contributed by atoms with Crippen LogP contribution >= 0.6 is 0 Å². The standard InChI is InChI=1S/C17H29N3/c1-17(2,3)15-10-13(12-18)11-16(19-15)20(4)14-8-6-5-7-9-14/h10-11,14H,5-9,12,18H2,1-4H3. The van der Waals surface area contributed by atoms with Gasteiger partial charge in [0.15, 0.2) is 0 Å². The van der Waals surface area contributed by atoms with Crippen molar-refractivity contribution in [2.45, 2.75) is 70.9 Å². The third kappa shape index (κ3) is 3.51. The Bertz CT molecular complexity index is 442. The molecule has 0 atom stereocenters. The molecule has 20 heavy (non-hydrogen) atoms. The first-order chi connectivity index (χ1) is 9.41. The minimum Gasteiger partial charge on any atom is -0.357 e. The first-order valence-electron chi connectivity index (χ1n) is 7.86. The second-order valence-electron chi connectivity index (χ2n) is 7.08. The molecule has 1 aliphatic rings. The summed E-state index contributed by atoms with van der Waals surface area (Å²) in [5, 5.41) is 0. The Kier molecular flexibility index (Phi) is 4.69. The Hall–Kier alpha value is -1.09. The highest BCUT2D eigenvalue weighted by Crippen LogP contribution is 2.28. The van der Waals surface area contributed by atoms with E-state index in [1.807, 2.05) is 0 Å². The van der Waals surface area contributed by atoms with Gasteiger partial charge in [0.05, 0.1) is 0 Å². The zero-order valence-corrected chi connectivity index (χ0v) is 13.4. The normalized spacial score (nSPS) is 17.2. The number of pyridine rings is 1. The number of nitrogens with two attached hydrogens (primary N) is 1. The van der Waals surface area contributed by atoms with Crippen LogP contribution in [0.4, 0.5) is 5.82 Å². The zero-order valence-electron chi connectivity index (χ0n) is 13.4. The van der Waals surface area contributed by atoms with Crippen LogP contribution in [0.1, 0.15) is 64.1 Å². The Morgan fingerprint density at radius 3 is 2.40 bits per heavy atom. The molecule has 1 aromatic rings. The molecule has 1 fully saturated rings. The van der Waals surface area contributed by atoms with E-state index in [9.17, 15) is 0 Å². The van der Waals surface area contributed by atoms with Crippen LogP contribution in [0.2, 0.25) is 0 Å². The SMILES string of the molecule is CN(c1cc(CN)cc(C(C)(C)C)n1)C1CCCCC1. The van der Waals surface area contributed by atoms with E-state index in [4.69, 9.17) is 10.7 Å². The van der Waals surface area contributed by atoms with Crippen molar-refractivity contribution in [1.82, 2.24) is 4.98 Å². The van der Waals surface area contributed by atoms with Gasteiger partial charge in [-0.3, -0.25) is 0 Å². The maximum absolute atomic E-state index is 5.86. The largest absolute Gasteiger partial charge is 0.357 e. The van der Waals surface area contributed by atoms with Gasteiger partial charge in [-0.1, -0.05) is 40.0 Å². The fourth-order valence-electron chi connectivity index (χ4n) is 2.91. The molecule has 3 heteroatoms. The molecule has 0 amide bonds. The highest BCUT2D eigenvalue weighted by Gasteiger charge is 2.22. The number of nitrogens with zero attached hydrogens (tertiary/aromatic N) is 2. The van der Waals surface area contributed by atoms with Crippen molar-refractivity contribution in [1.29, 1.82) is 0 Å². The van der Waals surface area contributed by atoms with Crippen LogP contribution in [-0.2, 0) is 12.0 Å². The number of hydrogen-bond acceptors (Lipinski definition) is 3. The predicted octanol–water partition coefficient (Wildman–Crippen LogP) is 3.61. The summed E-state index contributed by atoms with van der Waals surface area (Å²) in [7, 11) is 2.19. The molecule has 2 N–H and O–H groups in total. The fourth-order valence-corrected chi connectivity index (χ4v) is 2.91. The van der Waals surface area contributed by atoms with Crippen LogP contribution < -0.4 is 10.6 Å². The number of anilines is 1. The molecule has 1 aliphatic carbocycles. The lowest BCUT2D eigenvalue weighted by atomic mass is 9.90. The van der Waals surface area contributed by atoms with Crippen molar-refractivity contribution < 1.29 is 0 Å². The molecule has 0 spiro atoms. The van der Waals surface area contributed by atoms with Crippen molar-refractivity contribution in [3.05, 3.63) is 23.4 Å². The van der Waals surface area contributed by atoms with Crippen molar-refractivity contribution in [2.75, 3.05) is 11.9 Å². The summed E-state index contributed by atoms with van der Waals surface area (Å²) in [5.74, 6) is 1.09. The molecule has 1 aromatic heterocycles. The summed E-state index contributed by atoms with van der Waals surface area (Å²) in [6.07, 6.45) is 6.65. The molecule has 2 rings (SSSR count). The van der Waals surface area contributed by atoms with Crippen LogP contribution in [0.25, 0.3) is 0 Å². The maximum atomic E-state index is 5.86. The Balaban J connectivity index is 2.29. The molecule has 3 nitrogen and oxygen atoms in total. The summed E-state index contributed by atoms with van der Waals surface area (Å²) in [6.45, 7) is 7.21. The third-order valence-corrected chi connectivity index (χ3v) is 4.36. The van der Waals surface area contributed by atoms with Crippen LogP contribution in [-0.4, -0.2) is 18.1 Å². The lowest BCUT2D eigenvalue weighted by Crippen LogP contribution is -2.34. The van der Waals surface area contributed by atoms with Crippen LogP contribution in [0, 0.1) is 0 Å². The average molecular weight is 275 g/mol. The van der Waals surface area contributed by atoms with Gasteiger partial charge >= 0.3 is 0 Å². The fraction of sp³-hybridized carbons (Fsp3) is 0.706. The highest BCUT2D eigenvalue weighted by atomic mass is 15.2. The van der Waals surface area contributed by atoms with Gasteiger partial charge in [-0.2, -0.15) is 0 Å². The molecule has 0 aromatic carbocycles. The average Bonchev–Trinajstić information content (AvgIpc) is 2.46. The topological polar surface area (TPSA) is 42.1 Å². The van der Waals surface area contributed by atoms with Crippen molar-refractivity contribution >= 4 is 5.82 Å². The Morgan fingerprint density at radius 2 is 1.85 bits per heavy atom. The summed E-state index contributed by atoms with van der Waals surface area (Å²) in [6, 6.07) is 4.94. The Morgan fingerprint density at radius 1 is 1.20 bits per heavy atom. The van der Waals surface area contributed by atoms with E-state index < -0.39 is 0 Å². The molecule has 0 bridgehead atoms.